The van der Waals surface area contributed by atoms with E-state index in [1.54, 1.807) is 18.2 Å². The van der Waals surface area contributed by atoms with Gasteiger partial charge in [0.05, 0.1) is 23.4 Å². The predicted octanol–water partition coefficient (Wildman–Crippen LogP) is 2.65. The van der Waals surface area contributed by atoms with E-state index in [9.17, 15) is 4.79 Å². The maximum atomic E-state index is 12.4. The summed E-state index contributed by atoms with van der Waals surface area (Å²) in [5.41, 5.74) is 1.29. The minimum atomic E-state index is -0.0787. The molecule has 1 amide bonds. The first kappa shape index (κ1) is 13.6. The lowest BCUT2D eigenvalue weighted by atomic mass is 9.93. The molecule has 1 saturated carbocycles. The van der Waals surface area contributed by atoms with Crippen LogP contribution in [0.2, 0.25) is 0 Å². The summed E-state index contributed by atoms with van der Waals surface area (Å²) in [5, 5.41) is 15.1. The lowest BCUT2D eigenvalue weighted by Crippen LogP contribution is -2.39. The summed E-state index contributed by atoms with van der Waals surface area (Å²) in [4.78, 5) is 12.4. The average Bonchev–Trinajstić information content (AvgIpc) is 3.03. The highest BCUT2D eigenvalue weighted by molar-refractivity contribution is 9.10. The smallest absolute Gasteiger partial charge is 0.241 e. The SMILES string of the molecule is N#Cc1ccc(NC(=O)C2NCC3CCCC32)c(Br)c1. The van der Waals surface area contributed by atoms with E-state index >= 15 is 0 Å². The maximum Gasteiger partial charge on any atom is 0.241 e. The molecule has 2 fully saturated rings. The Labute approximate surface area is 126 Å². The second kappa shape index (κ2) is 5.55. The number of nitriles is 1. The Morgan fingerprint density at radius 3 is 3.05 bits per heavy atom. The van der Waals surface area contributed by atoms with Gasteiger partial charge < -0.3 is 10.6 Å². The highest BCUT2D eigenvalue weighted by Crippen LogP contribution is 2.38. The van der Waals surface area contributed by atoms with Crippen molar-refractivity contribution in [2.45, 2.75) is 25.3 Å². The highest BCUT2D eigenvalue weighted by Gasteiger charge is 2.42. The van der Waals surface area contributed by atoms with Gasteiger partial charge in [0.25, 0.3) is 0 Å². The molecule has 3 atom stereocenters. The normalized spacial score (nSPS) is 27.9. The zero-order chi connectivity index (χ0) is 14.1. The van der Waals surface area contributed by atoms with Crippen LogP contribution in [0.3, 0.4) is 0 Å². The first-order valence-corrected chi connectivity index (χ1v) is 7.72. The topological polar surface area (TPSA) is 64.9 Å². The highest BCUT2D eigenvalue weighted by atomic mass is 79.9. The molecule has 20 heavy (non-hydrogen) atoms. The third-order valence-corrected chi connectivity index (χ3v) is 5.04. The standard InChI is InChI=1S/C15H16BrN3O/c16-12-6-9(7-17)4-5-13(12)19-15(20)14-11-3-1-2-10(11)8-18-14/h4-6,10-11,14,18H,1-3,8H2,(H,19,20). The third-order valence-electron chi connectivity index (χ3n) is 4.38. The molecule has 3 rings (SSSR count). The Balaban J connectivity index is 1.72. The van der Waals surface area contributed by atoms with Crippen LogP contribution in [0.1, 0.15) is 24.8 Å². The van der Waals surface area contributed by atoms with Crippen LogP contribution in [0.4, 0.5) is 5.69 Å². The Hall–Kier alpha value is -1.38. The molecule has 0 spiro atoms. The Bertz CT molecular complexity index is 581. The second-order valence-electron chi connectivity index (χ2n) is 5.54. The number of rotatable bonds is 2. The molecule has 0 aromatic heterocycles. The van der Waals surface area contributed by atoms with Crippen LogP contribution >= 0.6 is 15.9 Å². The number of benzene rings is 1. The van der Waals surface area contributed by atoms with E-state index in [1.807, 2.05) is 0 Å². The molecule has 4 nitrogen and oxygen atoms in total. The lowest BCUT2D eigenvalue weighted by Gasteiger charge is -2.18. The minimum Gasteiger partial charge on any atom is -0.324 e. The molecule has 5 heteroatoms. The van der Waals surface area contributed by atoms with Gasteiger partial charge in [0.1, 0.15) is 0 Å². The number of carbonyl (C=O) groups is 1. The van der Waals surface area contributed by atoms with Crippen LogP contribution in [-0.2, 0) is 4.79 Å². The van der Waals surface area contributed by atoms with Crippen LogP contribution in [0.25, 0.3) is 0 Å². The molecule has 0 radical (unpaired) electrons. The largest absolute Gasteiger partial charge is 0.324 e. The van der Waals surface area contributed by atoms with Crippen LogP contribution < -0.4 is 10.6 Å². The maximum absolute atomic E-state index is 12.4. The van der Waals surface area contributed by atoms with Crippen molar-refractivity contribution < 1.29 is 4.79 Å². The molecule has 3 unspecified atom stereocenters. The third kappa shape index (κ3) is 2.46. The fraction of sp³-hybridized carbons (Fsp3) is 0.467. The fourth-order valence-electron chi connectivity index (χ4n) is 3.37. The Kier molecular flexibility index (Phi) is 3.77. The van der Waals surface area contributed by atoms with E-state index in [0.29, 0.717) is 17.4 Å². The lowest BCUT2D eigenvalue weighted by molar-refractivity contribution is -0.118. The molecular weight excluding hydrogens is 318 g/mol. The van der Waals surface area contributed by atoms with Crippen LogP contribution in [0.5, 0.6) is 0 Å². The summed E-state index contributed by atoms with van der Waals surface area (Å²) >= 11 is 3.40. The van der Waals surface area contributed by atoms with Gasteiger partial charge in [-0.15, -0.1) is 0 Å². The number of anilines is 1. The van der Waals surface area contributed by atoms with E-state index in [4.69, 9.17) is 5.26 Å². The fourth-order valence-corrected chi connectivity index (χ4v) is 3.85. The zero-order valence-corrected chi connectivity index (χ0v) is 12.6. The number of carbonyl (C=O) groups excluding carboxylic acids is 1. The van der Waals surface area contributed by atoms with Crippen LogP contribution in [0.15, 0.2) is 22.7 Å². The molecule has 1 aromatic rings. The molecule has 1 heterocycles. The van der Waals surface area contributed by atoms with Gasteiger partial charge in [0.2, 0.25) is 5.91 Å². The van der Waals surface area contributed by atoms with Gasteiger partial charge in [-0.05, 0) is 65.4 Å². The summed E-state index contributed by atoms with van der Waals surface area (Å²) in [5.74, 6) is 1.17. The van der Waals surface area contributed by atoms with Gasteiger partial charge >= 0.3 is 0 Å². The van der Waals surface area contributed by atoms with E-state index in [2.05, 4.69) is 32.6 Å². The van der Waals surface area contributed by atoms with Crippen molar-refractivity contribution in [2.75, 3.05) is 11.9 Å². The van der Waals surface area contributed by atoms with E-state index in [0.717, 1.165) is 23.1 Å². The Morgan fingerprint density at radius 2 is 2.30 bits per heavy atom. The minimum absolute atomic E-state index is 0.0322. The number of halogens is 1. The van der Waals surface area contributed by atoms with Crippen molar-refractivity contribution >= 4 is 27.5 Å². The summed E-state index contributed by atoms with van der Waals surface area (Å²) in [6.07, 6.45) is 3.62. The van der Waals surface area contributed by atoms with Gasteiger partial charge in [-0.2, -0.15) is 5.26 Å². The number of hydrogen-bond donors (Lipinski definition) is 2. The van der Waals surface area contributed by atoms with Gasteiger partial charge in [-0.1, -0.05) is 6.42 Å². The average molecular weight is 334 g/mol. The van der Waals surface area contributed by atoms with Crippen molar-refractivity contribution in [3.63, 3.8) is 0 Å². The number of nitrogens with zero attached hydrogens (tertiary/aromatic N) is 1. The summed E-state index contributed by atoms with van der Waals surface area (Å²) in [6, 6.07) is 7.19. The molecule has 2 aliphatic rings. The molecule has 1 saturated heterocycles. The van der Waals surface area contributed by atoms with E-state index in [1.165, 1.54) is 12.8 Å². The molecule has 1 aromatic carbocycles. The van der Waals surface area contributed by atoms with Crippen LogP contribution in [0, 0.1) is 23.2 Å². The zero-order valence-electron chi connectivity index (χ0n) is 11.0. The summed E-state index contributed by atoms with van der Waals surface area (Å²) < 4.78 is 0.742. The monoisotopic (exact) mass is 333 g/mol. The first-order valence-electron chi connectivity index (χ1n) is 6.93. The molecule has 0 bridgehead atoms. The molecule has 104 valence electrons. The molecule has 1 aliphatic carbocycles. The molecule has 2 N–H and O–H groups in total. The Morgan fingerprint density at radius 1 is 1.45 bits per heavy atom. The van der Waals surface area contributed by atoms with Crippen molar-refractivity contribution in [2.24, 2.45) is 11.8 Å². The van der Waals surface area contributed by atoms with Gasteiger partial charge in [0.15, 0.2) is 0 Å². The van der Waals surface area contributed by atoms with Crippen molar-refractivity contribution in [3.8, 4) is 6.07 Å². The van der Waals surface area contributed by atoms with Crippen molar-refractivity contribution in [3.05, 3.63) is 28.2 Å². The number of nitrogens with one attached hydrogen (secondary N) is 2. The quantitative estimate of drug-likeness (QED) is 0.874. The predicted molar refractivity (Wildman–Crippen MR) is 80.1 cm³/mol. The molecular formula is C15H16BrN3O. The van der Waals surface area contributed by atoms with Crippen LogP contribution in [-0.4, -0.2) is 18.5 Å². The number of hydrogen-bond acceptors (Lipinski definition) is 3. The summed E-state index contributed by atoms with van der Waals surface area (Å²) in [7, 11) is 0. The first-order chi connectivity index (χ1) is 9.69. The van der Waals surface area contributed by atoms with Gasteiger partial charge in [-0.3, -0.25) is 4.79 Å². The second-order valence-corrected chi connectivity index (χ2v) is 6.39. The van der Waals surface area contributed by atoms with Gasteiger partial charge in [-0.25, -0.2) is 0 Å². The van der Waals surface area contributed by atoms with Crippen molar-refractivity contribution in [1.82, 2.24) is 5.32 Å². The number of fused-ring (bicyclic) bond motifs is 1. The summed E-state index contributed by atoms with van der Waals surface area (Å²) in [6.45, 7) is 0.956. The van der Waals surface area contributed by atoms with E-state index in [-0.39, 0.29) is 11.9 Å². The molecule has 1 aliphatic heterocycles. The van der Waals surface area contributed by atoms with Gasteiger partial charge in [0, 0.05) is 4.47 Å². The van der Waals surface area contributed by atoms with E-state index < -0.39 is 0 Å². The van der Waals surface area contributed by atoms with Crippen molar-refractivity contribution in [1.29, 1.82) is 5.26 Å². The number of amides is 1.